The van der Waals surface area contributed by atoms with Crippen molar-refractivity contribution in [2.45, 2.75) is 26.4 Å². The van der Waals surface area contributed by atoms with Gasteiger partial charge in [-0.05, 0) is 49.7 Å². The second-order valence-electron chi connectivity index (χ2n) is 5.23. The topological polar surface area (TPSA) is 64.6 Å². The number of halogens is 1. The maximum Gasteiger partial charge on any atom is 0.338 e. The van der Waals surface area contributed by atoms with Crippen LogP contribution in [-0.2, 0) is 9.53 Å². The maximum atomic E-state index is 12.4. The number of ether oxygens (including phenoxy) is 2. The molecule has 0 bridgehead atoms. The molecule has 1 atom stereocenters. The van der Waals surface area contributed by atoms with Gasteiger partial charge in [-0.15, -0.1) is 0 Å². The molecule has 25 heavy (non-hydrogen) atoms. The van der Waals surface area contributed by atoms with Gasteiger partial charge in [-0.3, -0.25) is 4.79 Å². The van der Waals surface area contributed by atoms with Gasteiger partial charge in [0.05, 0.1) is 17.2 Å². The molecule has 1 N–H and O–H groups in total. The minimum absolute atomic E-state index is 0.286. The minimum atomic E-state index is -0.676. The van der Waals surface area contributed by atoms with E-state index in [9.17, 15) is 9.59 Å². The van der Waals surface area contributed by atoms with Crippen molar-refractivity contribution in [3.63, 3.8) is 0 Å². The molecule has 0 aliphatic rings. The molecule has 6 heteroatoms. The van der Waals surface area contributed by atoms with Gasteiger partial charge in [-0.1, -0.05) is 30.7 Å². The van der Waals surface area contributed by atoms with Gasteiger partial charge >= 0.3 is 5.97 Å². The molecule has 132 valence electrons. The molecule has 0 saturated carbocycles. The predicted octanol–water partition coefficient (Wildman–Crippen LogP) is 4.31. The normalized spacial score (nSPS) is 11.5. The number of carbonyl (C=O) groups is 2. The minimum Gasteiger partial charge on any atom is -0.479 e. The largest absolute Gasteiger partial charge is 0.479 e. The van der Waals surface area contributed by atoms with Crippen molar-refractivity contribution in [3.05, 3.63) is 59.1 Å². The third kappa shape index (κ3) is 5.22. The van der Waals surface area contributed by atoms with Gasteiger partial charge in [0, 0.05) is 5.69 Å². The van der Waals surface area contributed by atoms with Crippen LogP contribution < -0.4 is 10.1 Å². The van der Waals surface area contributed by atoms with Crippen LogP contribution in [0.4, 0.5) is 5.69 Å². The number of rotatable bonds is 7. The average Bonchev–Trinajstić information content (AvgIpc) is 2.61. The number of esters is 1. The molecular weight excluding hydrogens is 342 g/mol. The number of amides is 1. The Kier molecular flexibility index (Phi) is 6.83. The fourth-order valence-corrected chi connectivity index (χ4v) is 2.32. The van der Waals surface area contributed by atoms with Gasteiger partial charge in [0.25, 0.3) is 5.91 Å². The summed E-state index contributed by atoms with van der Waals surface area (Å²) in [5.74, 6) is -0.219. The Morgan fingerprint density at radius 3 is 2.36 bits per heavy atom. The number of hydrogen-bond donors (Lipinski definition) is 1. The molecule has 0 spiro atoms. The first kappa shape index (κ1) is 18.8. The number of benzene rings is 2. The Morgan fingerprint density at radius 1 is 1.08 bits per heavy atom. The summed E-state index contributed by atoms with van der Waals surface area (Å²) in [6.07, 6.45) is -0.192. The second kappa shape index (κ2) is 9.08. The zero-order valence-corrected chi connectivity index (χ0v) is 14.9. The fraction of sp³-hybridized carbons (Fsp3) is 0.263. The van der Waals surface area contributed by atoms with E-state index < -0.39 is 12.1 Å². The fourth-order valence-electron chi connectivity index (χ4n) is 2.14. The van der Waals surface area contributed by atoms with E-state index in [4.69, 9.17) is 21.1 Å². The summed E-state index contributed by atoms with van der Waals surface area (Å²) in [6, 6.07) is 13.5. The SMILES string of the molecule is CCOC(=O)c1ccc(NC(=O)C(CC)Oc2ccccc2Cl)cc1. The molecule has 2 aromatic carbocycles. The Labute approximate surface area is 151 Å². The van der Waals surface area contributed by atoms with E-state index in [2.05, 4.69) is 5.32 Å². The van der Waals surface area contributed by atoms with Gasteiger partial charge in [0.1, 0.15) is 5.75 Å². The molecule has 1 unspecified atom stereocenters. The Bertz CT molecular complexity index is 730. The van der Waals surface area contributed by atoms with Crippen LogP contribution in [-0.4, -0.2) is 24.6 Å². The molecule has 0 heterocycles. The van der Waals surface area contributed by atoms with Gasteiger partial charge in [-0.2, -0.15) is 0 Å². The molecule has 0 aliphatic heterocycles. The van der Waals surface area contributed by atoms with Crippen molar-refractivity contribution in [2.75, 3.05) is 11.9 Å². The lowest BCUT2D eigenvalue weighted by Crippen LogP contribution is -2.32. The Morgan fingerprint density at radius 2 is 1.76 bits per heavy atom. The number of para-hydroxylation sites is 1. The number of carbonyl (C=O) groups excluding carboxylic acids is 2. The highest BCUT2D eigenvalue weighted by Crippen LogP contribution is 2.25. The molecule has 0 aliphatic carbocycles. The Hall–Kier alpha value is -2.53. The van der Waals surface area contributed by atoms with Gasteiger partial charge < -0.3 is 14.8 Å². The molecule has 0 fully saturated rings. The average molecular weight is 362 g/mol. The zero-order valence-electron chi connectivity index (χ0n) is 14.1. The van der Waals surface area contributed by atoms with E-state index in [0.29, 0.717) is 35.1 Å². The van der Waals surface area contributed by atoms with Crippen LogP contribution in [0.25, 0.3) is 0 Å². The quantitative estimate of drug-likeness (QED) is 0.746. The smallest absolute Gasteiger partial charge is 0.338 e. The molecule has 2 rings (SSSR count). The summed E-state index contributed by atoms with van der Waals surface area (Å²) in [5.41, 5.74) is 0.999. The number of nitrogens with one attached hydrogen (secondary N) is 1. The first-order valence-electron chi connectivity index (χ1n) is 8.04. The van der Waals surface area contributed by atoms with Crippen molar-refractivity contribution < 1.29 is 19.1 Å². The van der Waals surface area contributed by atoms with Crippen molar-refractivity contribution >= 4 is 29.2 Å². The third-order valence-corrected chi connectivity index (χ3v) is 3.74. The van der Waals surface area contributed by atoms with E-state index >= 15 is 0 Å². The lowest BCUT2D eigenvalue weighted by molar-refractivity contribution is -0.122. The highest BCUT2D eigenvalue weighted by Gasteiger charge is 2.19. The van der Waals surface area contributed by atoms with Crippen molar-refractivity contribution in [1.82, 2.24) is 0 Å². The monoisotopic (exact) mass is 361 g/mol. The van der Waals surface area contributed by atoms with Crippen molar-refractivity contribution in [2.24, 2.45) is 0 Å². The van der Waals surface area contributed by atoms with Crippen LogP contribution in [0.2, 0.25) is 5.02 Å². The highest BCUT2D eigenvalue weighted by atomic mass is 35.5. The van der Waals surface area contributed by atoms with Crippen LogP contribution in [0.5, 0.6) is 5.75 Å². The third-order valence-electron chi connectivity index (χ3n) is 3.43. The molecule has 1 amide bonds. The zero-order chi connectivity index (χ0) is 18.2. The van der Waals surface area contributed by atoms with Crippen molar-refractivity contribution in [3.8, 4) is 5.75 Å². The number of anilines is 1. The van der Waals surface area contributed by atoms with Crippen LogP contribution in [0.3, 0.4) is 0 Å². The standard InChI is InChI=1S/C19H20ClNO4/c1-3-16(25-17-8-6-5-7-15(17)20)18(22)21-14-11-9-13(10-12-14)19(23)24-4-2/h5-12,16H,3-4H2,1-2H3,(H,21,22). The first-order valence-corrected chi connectivity index (χ1v) is 8.42. The lowest BCUT2D eigenvalue weighted by atomic mass is 10.2. The van der Waals surface area contributed by atoms with E-state index in [1.165, 1.54) is 0 Å². The van der Waals surface area contributed by atoms with Crippen LogP contribution in [0, 0.1) is 0 Å². The number of hydrogen-bond acceptors (Lipinski definition) is 4. The summed E-state index contributed by atoms with van der Waals surface area (Å²) >= 11 is 6.06. The van der Waals surface area contributed by atoms with E-state index in [-0.39, 0.29) is 5.91 Å². The predicted molar refractivity (Wildman–Crippen MR) is 97.2 cm³/mol. The molecular formula is C19H20ClNO4. The highest BCUT2D eigenvalue weighted by molar-refractivity contribution is 6.32. The second-order valence-corrected chi connectivity index (χ2v) is 5.64. The van der Waals surface area contributed by atoms with Gasteiger partial charge in [0.2, 0.25) is 0 Å². The van der Waals surface area contributed by atoms with Crippen molar-refractivity contribution in [1.29, 1.82) is 0 Å². The van der Waals surface area contributed by atoms with Gasteiger partial charge in [-0.25, -0.2) is 4.79 Å². The van der Waals surface area contributed by atoms with Crippen LogP contribution >= 0.6 is 11.6 Å². The Balaban J connectivity index is 2.02. The van der Waals surface area contributed by atoms with Crippen LogP contribution in [0.1, 0.15) is 30.6 Å². The summed E-state index contributed by atoms with van der Waals surface area (Å²) in [4.78, 5) is 24.0. The van der Waals surface area contributed by atoms with Gasteiger partial charge in [0.15, 0.2) is 6.10 Å². The summed E-state index contributed by atoms with van der Waals surface area (Å²) in [7, 11) is 0. The molecule has 5 nitrogen and oxygen atoms in total. The maximum absolute atomic E-state index is 12.4. The molecule has 2 aromatic rings. The molecule has 0 saturated heterocycles. The molecule has 0 aromatic heterocycles. The first-order chi connectivity index (χ1) is 12.0. The van der Waals surface area contributed by atoms with E-state index in [1.807, 2.05) is 6.92 Å². The van der Waals surface area contributed by atoms with E-state index in [0.717, 1.165) is 0 Å². The molecule has 0 radical (unpaired) electrons. The van der Waals surface area contributed by atoms with Crippen LogP contribution in [0.15, 0.2) is 48.5 Å². The summed E-state index contributed by atoms with van der Waals surface area (Å²) < 4.78 is 10.6. The lowest BCUT2D eigenvalue weighted by Gasteiger charge is -2.18. The van der Waals surface area contributed by atoms with E-state index in [1.54, 1.807) is 55.5 Å². The summed E-state index contributed by atoms with van der Waals surface area (Å²) in [6.45, 7) is 3.91. The summed E-state index contributed by atoms with van der Waals surface area (Å²) in [5, 5.41) is 3.22.